The minimum absolute atomic E-state index is 0.0914. The van der Waals surface area contributed by atoms with Crippen LogP contribution in [0.5, 0.6) is 0 Å². The van der Waals surface area contributed by atoms with Gasteiger partial charge in [-0.15, -0.1) is 0 Å². The van der Waals surface area contributed by atoms with Crippen molar-refractivity contribution in [3.05, 3.63) is 34.6 Å². The van der Waals surface area contributed by atoms with E-state index in [0.29, 0.717) is 0 Å². The highest BCUT2D eigenvalue weighted by Crippen LogP contribution is 2.30. The van der Waals surface area contributed by atoms with E-state index >= 15 is 0 Å². The van der Waals surface area contributed by atoms with Gasteiger partial charge in [0.25, 0.3) is 0 Å². The Hall–Kier alpha value is -1.10. The molecule has 0 spiro atoms. The molecule has 0 radical (unpaired) electrons. The number of rotatable bonds is 2. The van der Waals surface area contributed by atoms with E-state index in [9.17, 15) is 22.7 Å². The van der Waals surface area contributed by atoms with E-state index in [1.54, 1.807) is 0 Å². The van der Waals surface area contributed by atoms with Gasteiger partial charge in [0.15, 0.2) is 0 Å². The Bertz CT molecular complexity index is 361. The average molecular weight is 236 g/mol. The van der Waals surface area contributed by atoms with Crippen molar-refractivity contribution in [2.24, 2.45) is 0 Å². The molecule has 0 aromatic heterocycles. The minimum Gasteiger partial charge on any atom is -0.388 e. The van der Waals surface area contributed by atoms with Crippen LogP contribution in [0.3, 0.4) is 0 Å². The van der Waals surface area contributed by atoms with Crippen molar-refractivity contribution < 1.29 is 22.7 Å². The lowest BCUT2D eigenvalue weighted by Gasteiger charge is -2.15. The highest BCUT2D eigenvalue weighted by Gasteiger charge is 2.31. The SMILES string of the molecule is Cc1cc(C(O)CC(F)(F)F)cc(C)c1F. The summed E-state index contributed by atoms with van der Waals surface area (Å²) in [6, 6.07) is 2.47. The quantitative estimate of drug-likeness (QED) is 0.780. The van der Waals surface area contributed by atoms with Crippen LogP contribution in [0.25, 0.3) is 0 Å². The Kier molecular flexibility index (Phi) is 3.57. The first-order valence-corrected chi connectivity index (χ1v) is 4.72. The van der Waals surface area contributed by atoms with Gasteiger partial charge >= 0.3 is 6.18 Å². The summed E-state index contributed by atoms with van der Waals surface area (Å²) in [5.74, 6) is -0.456. The number of halogens is 4. The van der Waals surface area contributed by atoms with E-state index in [-0.39, 0.29) is 16.7 Å². The summed E-state index contributed by atoms with van der Waals surface area (Å²) in [6.45, 7) is 2.90. The second kappa shape index (κ2) is 4.41. The highest BCUT2D eigenvalue weighted by molar-refractivity contribution is 5.31. The largest absolute Gasteiger partial charge is 0.391 e. The standard InChI is InChI=1S/C11H12F4O/c1-6-3-8(4-7(2)10(6)12)9(16)5-11(13,14)15/h3-4,9,16H,5H2,1-2H3. The predicted octanol–water partition coefficient (Wildman–Crippen LogP) is 3.43. The Balaban J connectivity index is 2.97. The monoisotopic (exact) mass is 236 g/mol. The van der Waals surface area contributed by atoms with Crippen LogP contribution < -0.4 is 0 Å². The first kappa shape index (κ1) is 13.0. The lowest BCUT2D eigenvalue weighted by Crippen LogP contribution is -2.14. The molecule has 0 amide bonds. The number of aryl methyl sites for hydroxylation is 2. The first-order valence-electron chi connectivity index (χ1n) is 4.72. The molecule has 0 fully saturated rings. The summed E-state index contributed by atoms with van der Waals surface area (Å²) in [4.78, 5) is 0. The molecule has 1 unspecified atom stereocenters. The zero-order chi connectivity index (χ0) is 12.5. The molecule has 1 rings (SSSR count). The summed E-state index contributed by atoms with van der Waals surface area (Å²) >= 11 is 0. The maximum atomic E-state index is 13.2. The van der Waals surface area contributed by atoms with Gasteiger partial charge in [0.1, 0.15) is 5.82 Å². The van der Waals surface area contributed by atoms with Crippen molar-refractivity contribution in [1.82, 2.24) is 0 Å². The highest BCUT2D eigenvalue weighted by atomic mass is 19.4. The molecule has 0 saturated heterocycles. The smallest absolute Gasteiger partial charge is 0.388 e. The molecule has 0 aliphatic heterocycles. The number of aliphatic hydroxyl groups is 1. The summed E-state index contributed by atoms with van der Waals surface area (Å²) in [5, 5.41) is 9.35. The lowest BCUT2D eigenvalue weighted by molar-refractivity contribution is -0.154. The maximum Gasteiger partial charge on any atom is 0.391 e. The van der Waals surface area contributed by atoms with Gasteiger partial charge in [0.2, 0.25) is 0 Å². The molecule has 0 heterocycles. The van der Waals surface area contributed by atoms with E-state index in [0.717, 1.165) is 0 Å². The summed E-state index contributed by atoms with van der Waals surface area (Å²) in [5.41, 5.74) is 0.557. The molecule has 0 saturated carbocycles. The van der Waals surface area contributed by atoms with Gasteiger partial charge < -0.3 is 5.11 Å². The van der Waals surface area contributed by atoms with Crippen molar-refractivity contribution in [2.75, 3.05) is 0 Å². The molecule has 1 aromatic rings. The van der Waals surface area contributed by atoms with Crippen LogP contribution in [-0.4, -0.2) is 11.3 Å². The second-order valence-electron chi connectivity index (χ2n) is 3.80. The molecule has 1 nitrogen and oxygen atoms in total. The maximum absolute atomic E-state index is 13.2. The third-order valence-electron chi connectivity index (χ3n) is 2.27. The van der Waals surface area contributed by atoms with Gasteiger partial charge in [-0.1, -0.05) is 12.1 Å². The Morgan fingerprint density at radius 2 is 1.62 bits per heavy atom. The predicted molar refractivity (Wildman–Crippen MR) is 51.5 cm³/mol. The van der Waals surface area contributed by atoms with Crippen LogP contribution in [-0.2, 0) is 0 Å². The number of aliphatic hydroxyl groups excluding tert-OH is 1. The third kappa shape index (κ3) is 3.20. The topological polar surface area (TPSA) is 20.2 Å². The van der Waals surface area contributed by atoms with E-state index in [1.165, 1.54) is 26.0 Å². The molecule has 5 heteroatoms. The van der Waals surface area contributed by atoms with Crippen molar-refractivity contribution in [3.63, 3.8) is 0 Å². The second-order valence-corrected chi connectivity index (χ2v) is 3.80. The van der Waals surface area contributed by atoms with Gasteiger partial charge in [0, 0.05) is 0 Å². The molecule has 0 aliphatic carbocycles. The van der Waals surface area contributed by atoms with Crippen molar-refractivity contribution >= 4 is 0 Å². The van der Waals surface area contributed by atoms with Crippen LogP contribution in [0.2, 0.25) is 0 Å². The molecule has 90 valence electrons. The molecule has 1 atom stereocenters. The molecule has 0 bridgehead atoms. The Morgan fingerprint density at radius 3 is 2.00 bits per heavy atom. The van der Waals surface area contributed by atoms with Crippen molar-refractivity contribution in [1.29, 1.82) is 0 Å². The van der Waals surface area contributed by atoms with E-state index in [4.69, 9.17) is 0 Å². The Morgan fingerprint density at radius 1 is 1.19 bits per heavy atom. The lowest BCUT2D eigenvalue weighted by atomic mass is 10.0. The van der Waals surface area contributed by atoms with Crippen LogP contribution in [0.15, 0.2) is 12.1 Å². The molecule has 1 aromatic carbocycles. The van der Waals surface area contributed by atoms with Crippen LogP contribution in [0, 0.1) is 19.7 Å². The number of hydrogen-bond acceptors (Lipinski definition) is 1. The van der Waals surface area contributed by atoms with E-state index in [1.807, 2.05) is 0 Å². The minimum atomic E-state index is -4.43. The zero-order valence-corrected chi connectivity index (χ0v) is 8.90. The van der Waals surface area contributed by atoms with Crippen molar-refractivity contribution in [3.8, 4) is 0 Å². The van der Waals surface area contributed by atoms with Crippen LogP contribution in [0.4, 0.5) is 17.6 Å². The fourth-order valence-corrected chi connectivity index (χ4v) is 1.51. The fourth-order valence-electron chi connectivity index (χ4n) is 1.51. The summed E-state index contributed by atoms with van der Waals surface area (Å²) in [7, 11) is 0. The third-order valence-corrected chi connectivity index (χ3v) is 2.27. The van der Waals surface area contributed by atoms with Crippen molar-refractivity contribution in [2.45, 2.75) is 32.5 Å². The fraction of sp³-hybridized carbons (Fsp3) is 0.455. The molecule has 16 heavy (non-hydrogen) atoms. The number of hydrogen-bond donors (Lipinski definition) is 1. The first-order chi connectivity index (χ1) is 7.20. The van der Waals surface area contributed by atoms with Gasteiger partial charge in [-0.25, -0.2) is 4.39 Å². The normalized spacial score (nSPS) is 13.9. The van der Waals surface area contributed by atoms with E-state index in [2.05, 4.69) is 0 Å². The summed E-state index contributed by atoms with van der Waals surface area (Å²) < 4.78 is 49.3. The zero-order valence-electron chi connectivity index (χ0n) is 8.90. The molecule has 0 aliphatic rings. The average Bonchev–Trinajstić information content (AvgIpc) is 2.10. The Labute approximate surface area is 90.7 Å². The van der Waals surface area contributed by atoms with Crippen LogP contribution >= 0.6 is 0 Å². The van der Waals surface area contributed by atoms with Gasteiger partial charge in [-0.3, -0.25) is 0 Å². The molecule has 1 N–H and O–H groups in total. The molecular weight excluding hydrogens is 224 g/mol. The summed E-state index contributed by atoms with van der Waals surface area (Å²) in [6.07, 6.45) is -7.40. The van der Waals surface area contributed by atoms with Crippen LogP contribution in [0.1, 0.15) is 29.2 Å². The number of alkyl halides is 3. The number of benzene rings is 1. The van der Waals surface area contributed by atoms with E-state index < -0.39 is 24.5 Å². The van der Waals surface area contributed by atoms with Gasteiger partial charge in [-0.2, -0.15) is 13.2 Å². The van der Waals surface area contributed by atoms with Gasteiger partial charge in [0.05, 0.1) is 12.5 Å². The van der Waals surface area contributed by atoms with Gasteiger partial charge in [-0.05, 0) is 30.5 Å². The molecular formula is C11H12F4O.